The maximum absolute atomic E-state index is 13.3. The Morgan fingerprint density at radius 3 is 2.88 bits per heavy atom. The Bertz CT molecular complexity index is 721. The first-order valence-corrected chi connectivity index (χ1v) is 9.55. The summed E-state index contributed by atoms with van der Waals surface area (Å²) in [6, 6.07) is 5.51. The normalized spacial score (nSPS) is 11.8. The van der Waals surface area contributed by atoms with Gasteiger partial charge in [-0.2, -0.15) is 11.8 Å². The Morgan fingerprint density at radius 1 is 1.42 bits per heavy atom. The maximum Gasteiger partial charge on any atom is 0.248 e. The summed E-state index contributed by atoms with van der Waals surface area (Å²) in [7, 11) is 0. The Kier molecular flexibility index (Phi) is 6.74. The summed E-state index contributed by atoms with van der Waals surface area (Å²) >= 11 is 2.86. The van der Waals surface area contributed by atoms with Crippen molar-refractivity contribution >= 4 is 40.0 Å². The van der Waals surface area contributed by atoms with Gasteiger partial charge in [0, 0.05) is 17.9 Å². The zero-order chi connectivity index (χ0) is 17.5. The topological polar surface area (TPSA) is 71.1 Å². The van der Waals surface area contributed by atoms with Crippen molar-refractivity contribution in [3.05, 3.63) is 35.5 Å². The molecule has 0 aliphatic heterocycles. The highest BCUT2D eigenvalue weighted by Crippen LogP contribution is 2.25. The van der Waals surface area contributed by atoms with Gasteiger partial charge in [-0.15, -0.1) is 11.3 Å². The van der Waals surface area contributed by atoms with E-state index in [1.807, 2.05) is 6.26 Å². The lowest BCUT2D eigenvalue weighted by Crippen LogP contribution is -2.43. The lowest BCUT2D eigenvalue weighted by atomic mass is 10.2. The molecule has 0 unspecified atom stereocenters. The predicted molar refractivity (Wildman–Crippen MR) is 96.7 cm³/mol. The van der Waals surface area contributed by atoms with E-state index in [2.05, 4.69) is 15.6 Å². The van der Waals surface area contributed by atoms with Crippen molar-refractivity contribution in [1.82, 2.24) is 10.3 Å². The molecule has 0 radical (unpaired) electrons. The fourth-order valence-electron chi connectivity index (χ4n) is 2.05. The summed E-state index contributed by atoms with van der Waals surface area (Å²) in [6.07, 6.45) is 2.48. The molecule has 0 fully saturated rings. The summed E-state index contributed by atoms with van der Waals surface area (Å²) in [5.41, 5.74) is 1.24. The second kappa shape index (κ2) is 8.79. The second-order valence-corrected chi connectivity index (χ2v) is 6.92. The summed E-state index contributed by atoms with van der Waals surface area (Å²) in [5.74, 6) is -0.144. The van der Waals surface area contributed by atoms with E-state index in [1.54, 1.807) is 29.3 Å². The minimum absolute atomic E-state index is 0.254. The maximum atomic E-state index is 13.3. The Labute approximate surface area is 148 Å². The number of thioether (sulfide) groups is 1. The average Bonchev–Trinajstić information content (AvgIpc) is 2.99. The van der Waals surface area contributed by atoms with E-state index in [0.717, 1.165) is 5.75 Å². The first-order valence-electron chi connectivity index (χ1n) is 7.28. The van der Waals surface area contributed by atoms with Gasteiger partial charge in [0.15, 0.2) is 5.13 Å². The highest BCUT2D eigenvalue weighted by Gasteiger charge is 2.20. The molecule has 0 bridgehead atoms. The smallest absolute Gasteiger partial charge is 0.248 e. The van der Waals surface area contributed by atoms with Crippen molar-refractivity contribution in [2.45, 2.75) is 19.4 Å². The summed E-state index contributed by atoms with van der Waals surface area (Å²) in [5, 5.41) is 7.52. The molecule has 1 atom stereocenters. The molecular formula is C16H18FN3O2S2. The van der Waals surface area contributed by atoms with Crippen LogP contribution in [0, 0.1) is 5.82 Å². The quantitative estimate of drug-likeness (QED) is 0.789. The molecule has 24 heavy (non-hydrogen) atoms. The van der Waals surface area contributed by atoms with Crippen LogP contribution in [0.25, 0.3) is 11.3 Å². The minimum atomic E-state index is -0.600. The molecule has 2 rings (SSSR count). The average molecular weight is 367 g/mol. The van der Waals surface area contributed by atoms with Gasteiger partial charge in [0.1, 0.15) is 11.9 Å². The van der Waals surface area contributed by atoms with Crippen LogP contribution in [-0.2, 0) is 9.59 Å². The molecule has 0 saturated carbocycles. The summed E-state index contributed by atoms with van der Waals surface area (Å²) in [6.45, 7) is 1.38. The number of benzene rings is 1. The molecule has 0 saturated heterocycles. The van der Waals surface area contributed by atoms with Crippen molar-refractivity contribution in [3.8, 4) is 11.3 Å². The fraction of sp³-hybridized carbons (Fsp3) is 0.312. The molecule has 0 aliphatic rings. The molecule has 5 nitrogen and oxygen atoms in total. The van der Waals surface area contributed by atoms with Crippen LogP contribution >= 0.6 is 23.1 Å². The Morgan fingerprint density at radius 2 is 2.21 bits per heavy atom. The molecule has 2 aromatic rings. The van der Waals surface area contributed by atoms with Gasteiger partial charge >= 0.3 is 0 Å². The summed E-state index contributed by atoms with van der Waals surface area (Å²) in [4.78, 5) is 27.9. The van der Waals surface area contributed by atoms with Crippen molar-refractivity contribution in [2.24, 2.45) is 0 Å². The highest BCUT2D eigenvalue weighted by atomic mass is 32.2. The predicted octanol–water partition coefficient (Wildman–Crippen LogP) is 3.15. The van der Waals surface area contributed by atoms with E-state index in [-0.39, 0.29) is 17.6 Å². The standard InChI is InChI=1S/C16H18FN3O2S2/c1-10(21)18-13(6-7-23-2)15(22)20-16-19-14(9-24-16)11-4-3-5-12(17)8-11/h3-5,8-9,13H,6-7H2,1-2H3,(H,18,21)(H,19,20,22)/t13-/m0/s1. The molecule has 2 N–H and O–H groups in total. The number of rotatable bonds is 7. The van der Waals surface area contributed by atoms with Crippen LogP contribution in [0.15, 0.2) is 29.6 Å². The van der Waals surface area contributed by atoms with Gasteiger partial charge in [0.2, 0.25) is 11.8 Å². The number of nitrogens with zero attached hydrogens (tertiary/aromatic N) is 1. The largest absolute Gasteiger partial charge is 0.345 e. The van der Waals surface area contributed by atoms with Gasteiger partial charge in [-0.3, -0.25) is 9.59 Å². The number of anilines is 1. The minimum Gasteiger partial charge on any atom is -0.345 e. The Hall–Kier alpha value is -1.93. The zero-order valence-electron chi connectivity index (χ0n) is 13.3. The number of amides is 2. The molecule has 1 aromatic heterocycles. The first kappa shape index (κ1) is 18.4. The number of hydrogen-bond acceptors (Lipinski definition) is 5. The number of aromatic nitrogens is 1. The number of carbonyl (C=O) groups is 2. The van der Waals surface area contributed by atoms with Gasteiger partial charge in [-0.1, -0.05) is 12.1 Å². The number of thiazole rings is 1. The van der Waals surface area contributed by atoms with Gasteiger partial charge < -0.3 is 10.6 Å². The highest BCUT2D eigenvalue weighted by molar-refractivity contribution is 7.98. The van der Waals surface area contributed by atoms with Crippen molar-refractivity contribution in [3.63, 3.8) is 0 Å². The van der Waals surface area contributed by atoms with E-state index in [4.69, 9.17) is 0 Å². The fourth-order valence-corrected chi connectivity index (χ4v) is 3.25. The van der Waals surface area contributed by atoms with Crippen LogP contribution < -0.4 is 10.6 Å². The molecule has 2 amide bonds. The van der Waals surface area contributed by atoms with Crippen LogP contribution in [0.4, 0.5) is 9.52 Å². The molecular weight excluding hydrogens is 349 g/mol. The van der Waals surface area contributed by atoms with Crippen LogP contribution in [0.2, 0.25) is 0 Å². The molecule has 128 valence electrons. The molecule has 1 aromatic carbocycles. The molecule has 0 aliphatic carbocycles. The second-order valence-electron chi connectivity index (χ2n) is 5.07. The number of nitrogens with one attached hydrogen (secondary N) is 2. The zero-order valence-corrected chi connectivity index (χ0v) is 15.0. The van der Waals surface area contributed by atoms with Crippen LogP contribution in [-0.4, -0.2) is 34.8 Å². The van der Waals surface area contributed by atoms with E-state index in [0.29, 0.717) is 22.8 Å². The molecule has 1 heterocycles. The van der Waals surface area contributed by atoms with E-state index in [1.165, 1.54) is 30.4 Å². The lowest BCUT2D eigenvalue weighted by Gasteiger charge is -2.16. The number of halogens is 1. The third-order valence-electron chi connectivity index (χ3n) is 3.16. The van der Waals surface area contributed by atoms with E-state index in [9.17, 15) is 14.0 Å². The third kappa shape index (κ3) is 5.31. The van der Waals surface area contributed by atoms with Crippen molar-refractivity contribution < 1.29 is 14.0 Å². The van der Waals surface area contributed by atoms with E-state index >= 15 is 0 Å². The van der Waals surface area contributed by atoms with Gasteiger partial charge in [0.25, 0.3) is 0 Å². The SMILES string of the molecule is CSCC[C@H](NC(C)=O)C(=O)Nc1nc(-c2cccc(F)c2)cs1. The van der Waals surface area contributed by atoms with Crippen molar-refractivity contribution in [1.29, 1.82) is 0 Å². The Balaban J connectivity index is 2.06. The molecule has 0 spiro atoms. The third-order valence-corrected chi connectivity index (χ3v) is 4.56. The van der Waals surface area contributed by atoms with Crippen molar-refractivity contribution in [2.75, 3.05) is 17.3 Å². The van der Waals surface area contributed by atoms with Gasteiger partial charge in [-0.25, -0.2) is 9.37 Å². The summed E-state index contributed by atoms with van der Waals surface area (Å²) < 4.78 is 13.3. The van der Waals surface area contributed by atoms with Gasteiger partial charge in [-0.05, 0) is 30.6 Å². The van der Waals surface area contributed by atoms with Crippen LogP contribution in [0.5, 0.6) is 0 Å². The van der Waals surface area contributed by atoms with Crippen LogP contribution in [0.1, 0.15) is 13.3 Å². The van der Waals surface area contributed by atoms with E-state index < -0.39 is 6.04 Å². The first-order chi connectivity index (χ1) is 11.5. The molecule has 8 heteroatoms. The lowest BCUT2D eigenvalue weighted by molar-refractivity contribution is -0.125. The number of hydrogen-bond donors (Lipinski definition) is 2. The monoisotopic (exact) mass is 367 g/mol. The van der Waals surface area contributed by atoms with Gasteiger partial charge in [0.05, 0.1) is 5.69 Å². The number of carbonyl (C=O) groups excluding carboxylic acids is 2. The van der Waals surface area contributed by atoms with Crippen LogP contribution in [0.3, 0.4) is 0 Å².